The van der Waals surface area contributed by atoms with E-state index in [0.29, 0.717) is 5.92 Å². The summed E-state index contributed by atoms with van der Waals surface area (Å²) < 4.78 is 5.36. The largest absolute Gasteiger partial charge is 0.445 e. The molecule has 2 amide bonds. The summed E-state index contributed by atoms with van der Waals surface area (Å²) in [6, 6.07) is 13.2. The van der Waals surface area contributed by atoms with Crippen LogP contribution in [0.1, 0.15) is 45.1 Å². The lowest BCUT2D eigenvalue weighted by Gasteiger charge is -2.39. The van der Waals surface area contributed by atoms with Gasteiger partial charge in [-0.2, -0.15) is 0 Å². The molecular weight excluding hydrogens is 366 g/mol. The first kappa shape index (κ1) is 20.8. The van der Waals surface area contributed by atoms with Crippen molar-refractivity contribution in [1.29, 1.82) is 0 Å². The third kappa shape index (κ3) is 6.04. The number of carbonyl (C=O) groups excluding carboxylic acids is 2. The zero-order chi connectivity index (χ0) is 20.7. The standard InChI is InChI=1S/C23H29N3O3/c1-23(2,26-22(28)29-16-17-6-4-3-5-7-17)19-10-8-18(9-11-19)21(27)25-20-12-14-24-15-13-20/h3-7,12-15,18-19H,8-11,16H2,1-2H3,(H,26,28)(H,24,25,27). The maximum atomic E-state index is 12.5. The smallest absolute Gasteiger partial charge is 0.407 e. The van der Waals surface area contributed by atoms with Gasteiger partial charge < -0.3 is 15.4 Å². The van der Waals surface area contributed by atoms with E-state index in [1.54, 1.807) is 24.5 Å². The molecule has 1 fully saturated rings. The van der Waals surface area contributed by atoms with E-state index in [4.69, 9.17) is 4.74 Å². The first-order chi connectivity index (χ1) is 13.9. The van der Waals surface area contributed by atoms with Crippen molar-refractivity contribution < 1.29 is 14.3 Å². The van der Waals surface area contributed by atoms with Crippen molar-refractivity contribution in [3.8, 4) is 0 Å². The Balaban J connectivity index is 1.44. The Morgan fingerprint density at radius 2 is 1.69 bits per heavy atom. The summed E-state index contributed by atoms with van der Waals surface area (Å²) in [6.07, 6.45) is 6.32. The molecule has 1 aliphatic carbocycles. The van der Waals surface area contributed by atoms with Crippen molar-refractivity contribution in [3.05, 3.63) is 60.4 Å². The minimum absolute atomic E-state index is 0.000229. The average Bonchev–Trinajstić information content (AvgIpc) is 2.73. The molecule has 0 aliphatic heterocycles. The summed E-state index contributed by atoms with van der Waals surface area (Å²) in [7, 11) is 0. The molecule has 6 heteroatoms. The number of anilines is 1. The molecule has 154 valence electrons. The third-order valence-electron chi connectivity index (χ3n) is 5.70. The van der Waals surface area contributed by atoms with Gasteiger partial charge in [-0.25, -0.2) is 4.79 Å². The van der Waals surface area contributed by atoms with Crippen LogP contribution in [0.25, 0.3) is 0 Å². The van der Waals surface area contributed by atoms with Gasteiger partial charge in [0.05, 0.1) is 0 Å². The van der Waals surface area contributed by atoms with Gasteiger partial charge in [0.15, 0.2) is 0 Å². The number of ether oxygens (including phenoxy) is 1. The molecule has 0 unspecified atom stereocenters. The predicted molar refractivity (Wildman–Crippen MR) is 112 cm³/mol. The van der Waals surface area contributed by atoms with E-state index in [0.717, 1.165) is 36.9 Å². The zero-order valence-corrected chi connectivity index (χ0v) is 17.1. The molecule has 2 N–H and O–H groups in total. The molecule has 1 aliphatic rings. The van der Waals surface area contributed by atoms with Crippen molar-refractivity contribution in [2.75, 3.05) is 5.32 Å². The quantitative estimate of drug-likeness (QED) is 0.753. The number of benzene rings is 1. The number of hydrogen-bond acceptors (Lipinski definition) is 4. The van der Waals surface area contributed by atoms with E-state index in [-0.39, 0.29) is 24.0 Å². The Kier molecular flexibility index (Phi) is 6.86. The third-order valence-corrected chi connectivity index (χ3v) is 5.70. The summed E-state index contributed by atoms with van der Waals surface area (Å²) in [6.45, 7) is 4.31. The maximum Gasteiger partial charge on any atom is 0.407 e. The fourth-order valence-corrected chi connectivity index (χ4v) is 3.88. The first-order valence-corrected chi connectivity index (χ1v) is 10.1. The van der Waals surface area contributed by atoms with Crippen LogP contribution in [0.15, 0.2) is 54.9 Å². The molecule has 1 aromatic heterocycles. The number of alkyl carbamates (subject to hydrolysis) is 1. The number of nitrogens with zero attached hydrogens (tertiary/aromatic N) is 1. The van der Waals surface area contributed by atoms with Crippen molar-refractivity contribution in [3.63, 3.8) is 0 Å². The number of pyridine rings is 1. The summed E-state index contributed by atoms with van der Waals surface area (Å²) in [4.78, 5) is 28.7. The van der Waals surface area contributed by atoms with Crippen LogP contribution < -0.4 is 10.6 Å². The van der Waals surface area contributed by atoms with Crippen LogP contribution in [0.5, 0.6) is 0 Å². The second-order valence-corrected chi connectivity index (χ2v) is 8.18. The Bertz CT molecular complexity index is 801. The highest BCUT2D eigenvalue weighted by Crippen LogP contribution is 2.36. The SMILES string of the molecule is CC(C)(NC(=O)OCc1ccccc1)C1CCC(C(=O)Nc2ccncc2)CC1. The molecule has 2 aromatic rings. The van der Waals surface area contributed by atoms with Gasteiger partial charge in [-0.1, -0.05) is 30.3 Å². The van der Waals surface area contributed by atoms with Crippen LogP contribution in [0.2, 0.25) is 0 Å². The number of aromatic nitrogens is 1. The van der Waals surface area contributed by atoms with Gasteiger partial charge in [-0.15, -0.1) is 0 Å². The van der Waals surface area contributed by atoms with Crippen molar-refractivity contribution >= 4 is 17.7 Å². The van der Waals surface area contributed by atoms with Crippen LogP contribution in [-0.2, 0) is 16.1 Å². The summed E-state index contributed by atoms with van der Waals surface area (Å²) in [5.74, 6) is 0.361. The molecular formula is C23H29N3O3. The monoisotopic (exact) mass is 395 g/mol. The van der Waals surface area contributed by atoms with Crippen LogP contribution in [0.4, 0.5) is 10.5 Å². The molecule has 0 bridgehead atoms. The van der Waals surface area contributed by atoms with E-state index in [1.165, 1.54) is 0 Å². The topological polar surface area (TPSA) is 80.3 Å². The van der Waals surface area contributed by atoms with E-state index in [2.05, 4.69) is 15.6 Å². The van der Waals surface area contributed by atoms with Gasteiger partial charge in [0.1, 0.15) is 6.61 Å². The van der Waals surface area contributed by atoms with Gasteiger partial charge in [0, 0.05) is 29.5 Å². The zero-order valence-electron chi connectivity index (χ0n) is 17.1. The molecule has 29 heavy (non-hydrogen) atoms. The lowest BCUT2D eigenvalue weighted by molar-refractivity contribution is -0.121. The van der Waals surface area contributed by atoms with Crippen LogP contribution in [0.3, 0.4) is 0 Å². The normalized spacial score (nSPS) is 19.2. The van der Waals surface area contributed by atoms with Crippen molar-refractivity contribution in [1.82, 2.24) is 10.3 Å². The van der Waals surface area contributed by atoms with Gasteiger partial charge in [-0.05, 0) is 63.1 Å². The van der Waals surface area contributed by atoms with E-state index < -0.39 is 6.09 Å². The molecule has 1 heterocycles. The van der Waals surface area contributed by atoms with Crippen molar-refractivity contribution in [2.24, 2.45) is 11.8 Å². The molecule has 1 saturated carbocycles. The Labute approximate surface area is 172 Å². The van der Waals surface area contributed by atoms with E-state index >= 15 is 0 Å². The number of rotatable bonds is 6. The highest BCUT2D eigenvalue weighted by molar-refractivity contribution is 5.92. The van der Waals surface area contributed by atoms with Gasteiger partial charge >= 0.3 is 6.09 Å². The van der Waals surface area contributed by atoms with Crippen molar-refractivity contribution in [2.45, 2.75) is 51.7 Å². The second-order valence-electron chi connectivity index (χ2n) is 8.18. The van der Waals surface area contributed by atoms with E-state index in [9.17, 15) is 9.59 Å². The predicted octanol–water partition coefficient (Wildman–Crippen LogP) is 4.53. The van der Waals surface area contributed by atoms with Gasteiger partial charge in [0.2, 0.25) is 5.91 Å². The molecule has 0 radical (unpaired) electrons. The molecule has 6 nitrogen and oxygen atoms in total. The number of carbonyl (C=O) groups is 2. The van der Waals surface area contributed by atoms with Crippen LogP contribution >= 0.6 is 0 Å². The Morgan fingerprint density at radius 1 is 1.03 bits per heavy atom. The molecule has 1 aromatic carbocycles. The minimum Gasteiger partial charge on any atom is -0.445 e. The van der Waals surface area contributed by atoms with E-state index in [1.807, 2.05) is 44.2 Å². The molecule has 3 rings (SSSR count). The summed E-state index contributed by atoms with van der Waals surface area (Å²) in [5.41, 5.74) is 1.34. The lowest BCUT2D eigenvalue weighted by Crippen LogP contribution is -2.50. The van der Waals surface area contributed by atoms with Gasteiger partial charge in [0.25, 0.3) is 0 Å². The number of hydrogen-bond donors (Lipinski definition) is 2. The number of nitrogens with one attached hydrogen (secondary N) is 2. The first-order valence-electron chi connectivity index (χ1n) is 10.1. The summed E-state index contributed by atoms with van der Waals surface area (Å²) in [5, 5.41) is 5.97. The lowest BCUT2D eigenvalue weighted by atomic mass is 9.73. The molecule has 0 atom stereocenters. The average molecular weight is 396 g/mol. The minimum atomic E-state index is -0.406. The fraction of sp³-hybridized carbons (Fsp3) is 0.435. The summed E-state index contributed by atoms with van der Waals surface area (Å²) >= 11 is 0. The molecule has 0 spiro atoms. The second kappa shape index (κ2) is 9.54. The van der Waals surface area contributed by atoms with Crippen LogP contribution in [-0.4, -0.2) is 22.5 Å². The number of amides is 2. The maximum absolute atomic E-state index is 12.5. The fourth-order valence-electron chi connectivity index (χ4n) is 3.88. The van der Waals surface area contributed by atoms with Gasteiger partial charge in [-0.3, -0.25) is 9.78 Å². The Morgan fingerprint density at radius 3 is 2.34 bits per heavy atom. The molecule has 0 saturated heterocycles. The van der Waals surface area contributed by atoms with Crippen LogP contribution in [0, 0.1) is 11.8 Å². The Hall–Kier alpha value is -2.89. The highest BCUT2D eigenvalue weighted by atomic mass is 16.5. The highest BCUT2D eigenvalue weighted by Gasteiger charge is 2.36.